The lowest BCUT2D eigenvalue weighted by atomic mass is 10.1. The largest absolute Gasteiger partial charge is 0.418 e. The molecule has 6 heteroatoms. The highest BCUT2D eigenvalue weighted by Gasteiger charge is 2.35. The van der Waals surface area contributed by atoms with E-state index in [1.807, 2.05) is 0 Å². The molecule has 0 amide bonds. The average Bonchev–Trinajstić information content (AvgIpc) is 2.65. The van der Waals surface area contributed by atoms with Crippen LogP contribution in [0.15, 0.2) is 18.2 Å². The smallest absolute Gasteiger partial charge is 0.392 e. The number of rotatable bonds is 2. The second kappa shape index (κ2) is 5.79. The summed E-state index contributed by atoms with van der Waals surface area (Å²) in [7, 11) is 0. The lowest BCUT2D eigenvalue weighted by Gasteiger charge is -2.26. The molecule has 1 aromatic rings. The van der Waals surface area contributed by atoms with Crippen LogP contribution in [0.4, 0.5) is 18.9 Å². The first-order chi connectivity index (χ1) is 9.02. The van der Waals surface area contributed by atoms with Crippen LogP contribution in [-0.2, 0) is 17.5 Å². The van der Waals surface area contributed by atoms with Gasteiger partial charge in [-0.1, -0.05) is 6.07 Å². The van der Waals surface area contributed by atoms with Gasteiger partial charge in [-0.25, -0.2) is 0 Å². The average molecular weight is 275 g/mol. The van der Waals surface area contributed by atoms with Crippen LogP contribution in [0.3, 0.4) is 0 Å². The van der Waals surface area contributed by atoms with Crippen LogP contribution in [0.1, 0.15) is 17.5 Å². The number of benzene rings is 1. The molecule has 3 nitrogen and oxygen atoms in total. The van der Waals surface area contributed by atoms with Gasteiger partial charge in [-0.15, -0.1) is 0 Å². The predicted molar refractivity (Wildman–Crippen MR) is 65.0 cm³/mol. The van der Waals surface area contributed by atoms with Gasteiger partial charge in [0.15, 0.2) is 0 Å². The molecule has 2 rings (SSSR count). The van der Waals surface area contributed by atoms with E-state index < -0.39 is 18.3 Å². The van der Waals surface area contributed by atoms with E-state index in [0.717, 1.165) is 6.07 Å². The van der Waals surface area contributed by atoms with Crippen LogP contribution >= 0.6 is 0 Å². The highest BCUT2D eigenvalue weighted by atomic mass is 19.4. The summed E-state index contributed by atoms with van der Waals surface area (Å²) >= 11 is 0. The van der Waals surface area contributed by atoms with Crippen LogP contribution in [0, 0.1) is 0 Å². The molecule has 0 aromatic heterocycles. The number of ether oxygens (including phenoxy) is 1. The molecule has 0 unspecified atom stereocenters. The van der Waals surface area contributed by atoms with Crippen LogP contribution < -0.4 is 4.90 Å². The summed E-state index contributed by atoms with van der Waals surface area (Å²) in [6, 6.07) is 3.97. The topological polar surface area (TPSA) is 32.7 Å². The van der Waals surface area contributed by atoms with Gasteiger partial charge in [0, 0.05) is 25.4 Å². The Morgan fingerprint density at radius 1 is 1.21 bits per heavy atom. The third-order valence-electron chi connectivity index (χ3n) is 3.11. The third-order valence-corrected chi connectivity index (χ3v) is 3.11. The summed E-state index contributed by atoms with van der Waals surface area (Å²) in [4.78, 5) is 1.69. The molecule has 1 N–H and O–H groups in total. The van der Waals surface area contributed by atoms with E-state index in [0.29, 0.717) is 32.7 Å². The molecular weight excluding hydrogens is 259 g/mol. The molecule has 0 saturated carbocycles. The summed E-state index contributed by atoms with van der Waals surface area (Å²) in [5, 5.41) is 8.97. The van der Waals surface area contributed by atoms with E-state index in [2.05, 4.69) is 0 Å². The van der Waals surface area contributed by atoms with Crippen LogP contribution in [-0.4, -0.2) is 31.4 Å². The SMILES string of the molecule is OCc1ccc(N2CCCOCC2)c(C(F)(F)F)c1. The van der Waals surface area contributed by atoms with Crippen molar-refractivity contribution in [1.29, 1.82) is 0 Å². The summed E-state index contributed by atoms with van der Waals surface area (Å²) in [5.41, 5.74) is -0.265. The highest BCUT2D eigenvalue weighted by molar-refractivity contribution is 5.56. The number of halogens is 3. The number of anilines is 1. The van der Waals surface area contributed by atoms with E-state index in [4.69, 9.17) is 9.84 Å². The normalized spacial score (nSPS) is 17.4. The minimum Gasteiger partial charge on any atom is -0.392 e. The quantitative estimate of drug-likeness (QED) is 0.899. The van der Waals surface area contributed by atoms with Crippen LogP contribution in [0.25, 0.3) is 0 Å². The van der Waals surface area contributed by atoms with Gasteiger partial charge in [0.1, 0.15) is 0 Å². The summed E-state index contributed by atoms with van der Waals surface area (Å²) in [6.45, 7) is 1.60. The Labute approximate surface area is 109 Å². The number of aliphatic hydroxyl groups is 1. The fraction of sp³-hybridized carbons (Fsp3) is 0.538. The maximum atomic E-state index is 13.1. The van der Waals surface area contributed by atoms with Gasteiger partial charge in [-0.05, 0) is 24.1 Å². The van der Waals surface area contributed by atoms with Crippen LogP contribution in [0.2, 0.25) is 0 Å². The summed E-state index contributed by atoms with van der Waals surface area (Å²) in [6.07, 6.45) is -3.72. The lowest BCUT2D eigenvalue weighted by molar-refractivity contribution is -0.137. The van der Waals surface area contributed by atoms with E-state index in [1.165, 1.54) is 12.1 Å². The Hall–Kier alpha value is -1.27. The molecule has 0 aliphatic carbocycles. The second-order valence-electron chi connectivity index (χ2n) is 4.46. The van der Waals surface area contributed by atoms with Gasteiger partial charge < -0.3 is 14.7 Å². The molecule has 19 heavy (non-hydrogen) atoms. The maximum absolute atomic E-state index is 13.1. The Morgan fingerprint density at radius 2 is 2.00 bits per heavy atom. The summed E-state index contributed by atoms with van der Waals surface area (Å²) in [5.74, 6) is 0. The van der Waals surface area contributed by atoms with Gasteiger partial charge in [0.2, 0.25) is 0 Å². The number of hydrogen-bond donors (Lipinski definition) is 1. The molecule has 1 fully saturated rings. The van der Waals surface area contributed by atoms with Crippen molar-refractivity contribution in [3.05, 3.63) is 29.3 Å². The van der Waals surface area contributed by atoms with Gasteiger partial charge in [0.25, 0.3) is 0 Å². The van der Waals surface area contributed by atoms with E-state index in [-0.39, 0.29) is 11.3 Å². The molecule has 1 aromatic carbocycles. The van der Waals surface area contributed by atoms with Crippen molar-refractivity contribution < 1.29 is 23.0 Å². The number of nitrogens with zero attached hydrogens (tertiary/aromatic N) is 1. The lowest BCUT2D eigenvalue weighted by Crippen LogP contribution is -2.28. The van der Waals surface area contributed by atoms with Crippen molar-refractivity contribution in [2.45, 2.75) is 19.2 Å². The minimum atomic E-state index is -4.42. The van der Waals surface area contributed by atoms with Crippen molar-refractivity contribution in [1.82, 2.24) is 0 Å². The first-order valence-electron chi connectivity index (χ1n) is 6.16. The van der Waals surface area contributed by atoms with Gasteiger partial charge >= 0.3 is 6.18 Å². The molecule has 0 spiro atoms. The number of alkyl halides is 3. The molecule has 106 valence electrons. The van der Waals surface area contributed by atoms with Gasteiger partial charge in [0.05, 0.1) is 18.8 Å². The van der Waals surface area contributed by atoms with E-state index in [9.17, 15) is 13.2 Å². The zero-order chi connectivity index (χ0) is 13.9. The number of aliphatic hydroxyl groups excluding tert-OH is 1. The monoisotopic (exact) mass is 275 g/mol. The Morgan fingerprint density at radius 3 is 2.68 bits per heavy atom. The molecule has 0 radical (unpaired) electrons. The van der Waals surface area contributed by atoms with Crippen molar-refractivity contribution in [2.75, 3.05) is 31.2 Å². The molecular formula is C13H16F3NO2. The third kappa shape index (κ3) is 3.39. The fourth-order valence-corrected chi connectivity index (χ4v) is 2.17. The van der Waals surface area contributed by atoms with Crippen molar-refractivity contribution in [3.63, 3.8) is 0 Å². The molecule has 0 atom stereocenters. The Bertz CT molecular complexity index is 426. The Kier molecular flexibility index (Phi) is 4.31. The highest BCUT2D eigenvalue weighted by Crippen LogP contribution is 2.37. The predicted octanol–water partition coefficient (Wildman–Crippen LogP) is 2.42. The molecule has 1 aliphatic heterocycles. The second-order valence-corrected chi connectivity index (χ2v) is 4.46. The molecule has 0 bridgehead atoms. The molecule has 1 heterocycles. The van der Waals surface area contributed by atoms with Crippen molar-refractivity contribution in [3.8, 4) is 0 Å². The summed E-state index contributed by atoms with van der Waals surface area (Å²) < 4.78 is 44.5. The Balaban J connectivity index is 2.37. The van der Waals surface area contributed by atoms with E-state index >= 15 is 0 Å². The van der Waals surface area contributed by atoms with Crippen molar-refractivity contribution in [2.24, 2.45) is 0 Å². The van der Waals surface area contributed by atoms with E-state index in [1.54, 1.807) is 4.90 Å². The zero-order valence-corrected chi connectivity index (χ0v) is 10.4. The standard InChI is InChI=1S/C13H16F3NO2/c14-13(15,16)11-8-10(9-18)2-3-12(11)17-4-1-6-19-7-5-17/h2-3,8,18H,1,4-7,9H2. The first kappa shape index (κ1) is 14.1. The van der Waals surface area contributed by atoms with Crippen LogP contribution in [0.5, 0.6) is 0 Å². The van der Waals surface area contributed by atoms with Crippen molar-refractivity contribution >= 4 is 5.69 Å². The minimum absolute atomic E-state index is 0.162. The maximum Gasteiger partial charge on any atom is 0.418 e. The molecule has 1 aliphatic rings. The zero-order valence-electron chi connectivity index (χ0n) is 10.4. The fourth-order valence-electron chi connectivity index (χ4n) is 2.17. The van der Waals surface area contributed by atoms with Gasteiger partial charge in [-0.2, -0.15) is 13.2 Å². The first-order valence-corrected chi connectivity index (χ1v) is 6.16. The van der Waals surface area contributed by atoms with Gasteiger partial charge in [-0.3, -0.25) is 0 Å². The number of hydrogen-bond acceptors (Lipinski definition) is 3. The molecule has 1 saturated heterocycles.